The van der Waals surface area contributed by atoms with Gasteiger partial charge in [0, 0.05) is 6.54 Å². The van der Waals surface area contributed by atoms with Gasteiger partial charge in [0.05, 0.1) is 6.00 Å². The van der Waals surface area contributed by atoms with Crippen molar-refractivity contribution < 1.29 is 0 Å². The fraction of sp³-hybridized carbons (Fsp3) is 0.600. The summed E-state index contributed by atoms with van der Waals surface area (Å²) in [6.45, 7) is 9.97. The molecule has 0 aliphatic rings. The minimum atomic E-state index is 0.232. The second-order valence-corrected chi connectivity index (χ2v) is 6.08. The molecule has 1 rings (SSSR count). The molecule has 0 saturated carbocycles. The van der Waals surface area contributed by atoms with E-state index in [2.05, 4.69) is 50.8 Å². The number of rotatable bonds is 4. The highest BCUT2D eigenvalue weighted by Gasteiger charge is 2.14. The molecule has 0 bridgehead atoms. The predicted molar refractivity (Wildman–Crippen MR) is 76.9 cm³/mol. The highest BCUT2D eigenvalue weighted by atomic mass is 35.5. The van der Waals surface area contributed by atoms with Crippen LogP contribution in [-0.2, 0) is 11.8 Å². The first-order chi connectivity index (χ1) is 7.84. The molecule has 0 fully saturated rings. The smallest absolute Gasteiger partial charge is 0.0736 e. The molecule has 17 heavy (non-hydrogen) atoms. The highest BCUT2D eigenvalue weighted by molar-refractivity contribution is 6.17. The van der Waals surface area contributed by atoms with E-state index in [0.29, 0.717) is 6.00 Å². The molecule has 0 N–H and O–H groups in total. The van der Waals surface area contributed by atoms with Gasteiger partial charge < -0.3 is 0 Å². The molecule has 0 heterocycles. The Bertz CT molecular complexity index is 366. The Labute approximate surface area is 111 Å². The molecule has 0 spiro atoms. The van der Waals surface area contributed by atoms with Crippen molar-refractivity contribution in [3.05, 3.63) is 34.9 Å². The molecule has 0 unspecified atom stereocenters. The van der Waals surface area contributed by atoms with Gasteiger partial charge in [-0.1, -0.05) is 39.0 Å². The number of halogens is 1. The minimum Gasteiger partial charge on any atom is -0.293 e. The Morgan fingerprint density at radius 3 is 2.35 bits per heavy atom. The summed E-state index contributed by atoms with van der Waals surface area (Å²) in [5.74, 6) is 0. The Balaban J connectivity index is 2.77. The number of likely N-dealkylation sites (N-methyl/N-ethyl adjacent to an activating group) is 1. The van der Waals surface area contributed by atoms with Crippen molar-refractivity contribution in [2.45, 2.75) is 39.5 Å². The average Bonchev–Trinajstić information content (AvgIpc) is 2.25. The van der Waals surface area contributed by atoms with Crippen LogP contribution in [0.3, 0.4) is 0 Å². The highest BCUT2D eigenvalue weighted by Crippen LogP contribution is 2.24. The summed E-state index contributed by atoms with van der Waals surface area (Å²) < 4.78 is 0. The van der Waals surface area contributed by atoms with E-state index in [1.54, 1.807) is 0 Å². The number of hydrogen-bond acceptors (Lipinski definition) is 1. The van der Waals surface area contributed by atoms with Crippen LogP contribution in [0.5, 0.6) is 0 Å². The molecule has 1 nitrogen and oxygen atoms in total. The van der Waals surface area contributed by atoms with Crippen LogP contribution in [0.25, 0.3) is 0 Å². The number of hydrogen-bond donors (Lipinski definition) is 0. The van der Waals surface area contributed by atoms with Crippen LogP contribution in [0, 0.1) is 6.92 Å². The van der Waals surface area contributed by atoms with Crippen molar-refractivity contribution in [1.29, 1.82) is 0 Å². The summed E-state index contributed by atoms with van der Waals surface area (Å²) in [6, 6.07) is 7.43. The number of nitrogens with zero attached hydrogens (tertiary/aromatic N) is 1. The summed E-state index contributed by atoms with van der Waals surface area (Å²) in [4.78, 5) is 2.12. The van der Waals surface area contributed by atoms with Crippen molar-refractivity contribution in [2.24, 2.45) is 0 Å². The molecule has 0 atom stereocenters. The fourth-order valence-corrected chi connectivity index (χ4v) is 1.93. The second-order valence-electron chi connectivity index (χ2n) is 5.84. The molecule has 0 aliphatic carbocycles. The number of alkyl halides is 1. The maximum atomic E-state index is 5.77. The van der Waals surface area contributed by atoms with Crippen LogP contribution in [-0.4, -0.2) is 24.5 Å². The molecule has 1 aromatic carbocycles. The van der Waals surface area contributed by atoms with Crippen LogP contribution in [0.1, 0.15) is 37.5 Å². The number of benzene rings is 1. The lowest BCUT2D eigenvalue weighted by atomic mass is 9.85. The van der Waals surface area contributed by atoms with E-state index in [0.717, 1.165) is 13.0 Å². The van der Waals surface area contributed by atoms with Gasteiger partial charge in [-0.3, -0.25) is 4.90 Å². The predicted octanol–water partition coefficient (Wildman–Crippen LogP) is 3.96. The summed E-state index contributed by atoms with van der Waals surface area (Å²) in [7, 11) is 2.05. The van der Waals surface area contributed by atoms with E-state index in [4.69, 9.17) is 11.6 Å². The van der Waals surface area contributed by atoms with Crippen LogP contribution in [0.4, 0.5) is 0 Å². The van der Waals surface area contributed by atoms with Crippen LogP contribution < -0.4 is 0 Å². The molecule has 0 saturated heterocycles. The topological polar surface area (TPSA) is 3.24 Å². The lowest BCUT2D eigenvalue weighted by Gasteiger charge is -2.21. The molecular weight excluding hydrogens is 230 g/mol. The molecule has 1 aromatic rings. The third kappa shape index (κ3) is 4.33. The van der Waals surface area contributed by atoms with Crippen molar-refractivity contribution in [3.63, 3.8) is 0 Å². The molecular formula is C15H24ClN. The zero-order chi connectivity index (χ0) is 13.1. The van der Waals surface area contributed by atoms with Crippen LogP contribution in [0.2, 0.25) is 0 Å². The summed E-state index contributed by atoms with van der Waals surface area (Å²) in [5.41, 5.74) is 4.45. The number of aryl methyl sites for hydroxylation is 1. The van der Waals surface area contributed by atoms with Gasteiger partial charge in [-0.05, 0) is 42.5 Å². The van der Waals surface area contributed by atoms with E-state index in [1.165, 1.54) is 16.7 Å². The third-order valence-electron chi connectivity index (χ3n) is 3.18. The van der Waals surface area contributed by atoms with E-state index in [9.17, 15) is 0 Å². The maximum Gasteiger partial charge on any atom is 0.0736 e. The summed E-state index contributed by atoms with van der Waals surface area (Å²) in [5, 5.41) is 0. The lowest BCUT2D eigenvalue weighted by molar-refractivity contribution is 0.393. The molecule has 2 heteroatoms. The van der Waals surface area contributed by atoms with Crippen molar-refractivity contribution in [3.8, 4) is 0 Å². The van der Waals surface area contributed by atoms with Crippen molar-refractivity contribution in [2.75, 3.05) is 19.6 Å². The standard InChI is InChI=1S/C15H24ClN/c1-12-10-14(15(2,3)4)7-6-13(12)8-9-17(5)11-16/h6-7,10H,8-9,11H2,1-5H3. The monoisotopic (exact) mass is 253 g/mol. The van der Waals surface area contributed by atoms with Gasteiger partial charge in [-0.15, -0.1) is 11.6 Å². The molecule has 0 radical (unpaired) electrons. The average molecular weight is 254 g/mol. The van der Waals surface area contributed by atoms with Crippen molar-refractivity contribution >= 4 is 11.6 Å². The van der Waals surface area contributed by atoms with Gasteiger partial charge in [0.25, 0.3) is 0 Å². The molecule has 96 valence electrons. The van der Waals surface area contributed by atoms with Gasteiger partial charge in [0.15, 0.2) is 0 Å². The Hall–Kier alpha value is -0.530. The molecule has 0 aromatic heterocycles. The first-order valence-electron chi connectivity index (χ1n) is 6.19. The van der Waals surface area contributed by atoms with Gasteiger partial charge in [0.2, 0.25) is 0 Å². The third-order valence-corrected chi connectivity index (χ3v) is 3.58. The van der Waals surface area contributed by atoms with Gasteiger partial charge in [-0.2, -0.15) is 0 Å². The minimum absolute atomic E-state index is 0.232. The first-order valence-corrected chi connectivity index (χ1v) is 6.72. The Morgan fingerprint density at radius 2 is 1.88 bits per heavy atom. The maximum absolute atomic E-state index is 5.77. The van der Waals surface area contributed by atoms with E-state index >= 15 is 0 Å². The van der Waals surface area contributed by atoms with E-state index < -0.39 is 0 Å². The van der Waals surface area contributed by atoms with Crippen LogP contribution in [0.15, 0.2) is 18.2 Å². The Kier molecular flexibility index (Phi) is 5.03. The van der Waals surface area contributed by atoms with Gasteiger partial charge in [0.1, 0.15) is 0 Å². The normalized spacial score (nSPS) is 12.2. The van der Waals surface area contributed by atoms with Gasteiger partial charge >= 0.3 is 0 Å². The lowest BCUT2D eigenvalue weighted by Crippen LogP contribution is -2.19. The van der Waals surface area contributed by atoms with E-state index in [-0.39, 0.29) is 5.41 Å². The molecule has 0 aliphatic heterocycles. The second kappa shape index (κ2) is 5.88. The zero-order valence-corrected chi connectivity index (χ0v) is 12.4. The first kappa shape index (κ1) is 14.5. The van der Waals surface area contributed by atoms with Crippen molar-refractivity contribution in [1.82, 2.24) is 4.90 Å². The largest absolute Gasteiger partial charge is 0.293 e. The van der Waals surface area contributed by atoms with E-state index in [1.807, 2.05) is 7.05 Å². The molecule has 0 amide bonds. The SMILES string of the molecule is Cc1cc(C(C)(C)C)ccc1CCN(C)CCl. The Morgan fingerprint density at radius 1 is 1.24 bits per heavy atom. The fourth-order valence-electron chi connectivity index (χ4n) is 1.81. The summed E-state index contributed by atoms with van der Waals surface area (Å²) in [6.07, 6.45) is 1.07. The summed E-state index contributed by atoms with van der Waals surface area (Å²) >= 11 is 5.77. The van der Waals surface area contributed by atoms with Crippen LogP contribution >= 0.6 is 11.6 Å². The quantitative estimate of drug-likeness (QED) is 0.580. The zero-order valence-electron chi connectivity index (χ0n) is 11.7. The van der Waals surface area contributed by atoms with Gasteiger partial charge in [-0.25, -0.2) is 0 Å².